The summed E-state index contributed by atoms with van der Waals surface area (Å²) in [5, 5.41) is 8.73. The number of aliphatic carboxylic acids is 1. The number of carboxylic acids is 1. The second-order valence-electron chi connectivity index (χ2n) is 5.91. The summed E-state index contributed by atoms with van der Waals surface area (Å²) >= 11 is 0. The van der Waals surface area contributed by atoms with Crippen LogP contribution in [0.1, 0.15) is 47.7 Å². The molecule has 2 rings (SSSR count). The van der Waals surface area contributed by atoms with E-state index < -0.39 is 23.9 Å². The lowest BCUT2D eigenvalue weighted by Crippen LogP contribution is -2.40. The zero-order valence-electron chi connectivity index (χ0n) is 13.1. The predicted molar refractivity (Wildman–Crippen MR) is 77.3 cm³/mol. The molecular weight excluding hydrogens is 327 g/mol. The summed E-state index contributed by atoms with van der Waals surface area (Å²) in [4.78, 5) is 31.2. The molecule has 1 atom stereocenters. The maximum atomic E-state index is 12.8. The van der Waals surface area contributed by atoms with Crippen molar-refractivity contribution >= 4 is 11.9 Å². The third kappa shape index (κ3) is 4.65. The van der Waals surface area contributed by atoms with Crippen LogP contribution in [0.5, 0.6) is 0 Å². The third-order valence-corrected chi connectivity index (χ3v) is 3.90. The second-order valence-corrected chi connectivity index (χ2v) is 5.91. The van der Waals surface area contributed by atoms with E-state index in [0.717, 1.165) is 6.42 Å². The minimum absolute atomic E-state index is 0.0114. The van der Waals surface area contributed by atoms with Crippen LogP contribution in [0.25, 0.3) is 0 Å². The Labute approximate surface area is 136 Å². The standard InChI is InChI=1S/C15H18F3N3O3/c1-9-7-11(20-14(19-9)15(16,17)18)13(24)21-6-2-3-10(8-21)4-5-12(22)23/h7,10H,2-6,8H2,1H3,(H,22,23). The molecule has 1 aliphatic heterocycles. The number of carbonyl (C=O) groups is 2. The summed E-state index contributed by atoms with van der Waals surface area (Å²) in [6.45, 7) is 2.13. The van der Waals surface area contributed by atoms with Crippen LogP contribution in [-0.2, 0) is 11.0 Å². The van der Waals surface area contributed by atoms with Crippen LogP contribution in [0.3, 0.4) is 0 Å². The Morgan fingerprint density at radius 2 is 2.08 bits per heavy atom. The molecule has 6 nitrogen and oxygen atoms in total. The van der Waals surface area contributed by atoms with E-state index in [4.69, 9.17) is 5.11 Å². The quantitative estimate of drug-likeness (QED) is 0.907. The summed E-state index contributed by atoms with van der Waals surface area (Å²) in [5.41, 5.74) is -0.214. The van der Waals surface area contributed by atoms with Crippen molar-refractivity contribution in [3.8, 4) is 0 Å². The molecule has 1 aromatic rings. The lowest BCUT2D eigenvalue weighted by molar-refractivity contribution is -0.145. The molecule has 1 N–H and O–H groups in total. The van der Waals surface area contributed by atoms with Gasteiger partial charge in [-0.2, -0.15) is 13.2 Å². The van der Waals surface area contributed by atoms with Crippen LogP contribution in [0.4, 0.5) is 13.2 Å². The number of carboxylic acid groups (broad SMARTS) is 1. The van der Waals surface area contributed by atoms with Gasteiger partial charge in [-0.25, -0.2) is 9.97 Å². The molecule has 0 bridgehead atoms. The number of halogens is 3. The Hall–Kier alpha value is -2.19. The minimum Gasteiger partial charge on any atom is -0.481 e. The number of hydrogen-bond donors (Lipinski definition) is 1. The summed E-state index contributed by atoms with van der Waals surface area (Å²) < 4.78 is 38.4. The molecule has 1 saturated heterocycles. The maximum Gasteiger partial charge on any atom is 0.451 e. The maximum absolute atomic E-state index is 12.8. The Kier molecular flexibility index (Phi) is 5.40. The minimum atomic E-state index is -4.72. The van der Waals surface area contributed by atoms with Crippen molar-refractivity contribution in [2.24, 2.45) is 5.92 Å². The van der Waals surface area contributed by atoms with Crippen molar-refractivity contribution in [1.82, 2.24) is 14.9 Å². The molecule has 1 aliphatic rings. The molecule has 0 aromatic carbocycles. The molecule has 9 heteroatoms. The van der Waals surface area contributed by atoms with Gasteiger partial charge in [0.15, 0.2) is 0 Å². The molecule has 0 radical (unpaired) electrons. The zero-order chi connectivity index (χ0) is 17.9. The summed E-state index contributed by atoms with van der Waals surface area (Å²) in [6.07, 6.45) is -2.78. The highest BCUT2D eigenvalue weighted by Crippen LogP contribution is 2.27. The van der Waals surface area contributed by atoms with Gasteiger partial charge in [-0.1, -0.05) is 0 Å². The third-order valence-electron chi connectivity index (χ3n) is 3.90. The van der Waals surface area contributed by atoms with Crippen molar-refractivity contribution in [2.75, 3.05) is 13.1 Å². The zero-order valence-corrected chi connectivity index (χ0v) is 13.1. The Bertz CT molecular complexity index is 634. The van der Waals surface area contributed by atoms with E-state index in [1.165, 1.54) is 17.9 Å². The van der Waals surface area contributed by atoms with Crippen molar-refractivity contribution < 1.29 is 27.9 Å². The average Bonchev–Trinajstić information content (AvgIpc) is 2.51. The molecule has 0 aliphatic carbocycles. The van der Waals surface area contributed by atoms with E-state index in [1.807, 2.05) is 0 Å². The fourth-order valence-corrected chi connectivity index (χ4v) is 2.78. The molecule has 2 heterocycles. The van der Waals surface area contributed by atoms with E-state index in [9.17, 15) is 22.8 Å². The van der Waals surface area contributed by atoms with Gasteiger partial charge < -0.3 is 10.0 Å². The highest BCUT2D eigenvalue weighted by Gasteiger charge is 2.36. The van der Waals surface area contributed by atoms with Gasteiger partial charge in [0.2, 0.25) is 5.82 Å². The lowest BCUT2D eigenvalue weighted by Gasteiger charge is -2.32. The molecule has 1 aromatic heterocycles. The summed E-state index contributed by atoms with van der Waals surface area (Å²) in [5.74, 6) is -2.78. The molecule has 1 unspecified atom stereocenters. The monoisotopic (exact) mass is 345 g/mol. The number of alkyl halides is 3. The first-order chi connectivity index (χ1) is 11.2. The first-order valence-corrected chi connectivity index (χ1v) is 7.60. The van der Waals surface area contributed by atoms with Crippen LogP contribution in [0.15, 0.2) is 6.07 Å². The Balaban J connectivity index is 2.13. The van der Waals surface area contributed by atoms with E-state index in [-0.39, 0.29) is 23.7 Å². The fourth-order valence-electron chi connectivity index (χ4n) is 2.78. The van der Waals surface area contributed by atoms with Crippen LogP contribution in [0, 0.1) is 12.8 Å². The molecule has 1 amide bonds. The first-order valence-electron chi connectivity index (χ1n) is 7.60. The number of hydrogen-bond acceptors (Lipinski definition) is 4. The smallest absolute Gasteiger partial charge is 0.451 e. The van der Waals surface area contributed by atoms with E-state index in [0.29, 0.717) is 25.9 Å². The highest BCUT2D eigenvalue weighted by molar-refractivity contribution is 5.92. The summed E-state index contributed by atoms with van der Waals surface area (Å²) in [6, 6.07) is 1.23. The molecule has 132 valence electrons. The summed E-state index contributed by atoms with van der Waals surface area (Å²) in [7, 11) is 0. The van der Waals surface area contributed by atoms with Gasteiger partial charge in [-0.3, -0.25) is 9.59 Å². The second kappa shape index (κ2) is 7.14. The van der Waals surface area contributed by atoms with Crippen LogP contribution in [-0.4, -0.2) is 44.9 Å². The normalized spacial score (nSPS) is 18.5. The van der Waals surface area contributed by atoms with Crippen LogP contribution >= 0.6 is 0 Å². The van der Waals surface area contributed by atoms with Gasteiger partial charge >= 0.3 is 12.1 Å². The SMILES string of the molecule is Cc1cc(C(=O)N2CCCC(CCC(=O)O)C2)nc(C(F)(F)F)n1. The van der Waals surface area contributed by atoms with Crippen molar-refractivity contribution in [2.45, 2.75) is 38.8 Å². The lowest BCUT2D eigenvalue weighted by atomic mass is 9.93. The number of likely N-dealkylation sites (tertiary alicyclic amines) is 1. The van der Waals surface area contributed by atoms with E-state index in [2.05, 4.69) is 9.97 Å². The van der Waals surface area contributed by atoms with Gasteiger partial charge in [-0.05, 0) is 38.2 Å². The van der Waals surface area contributed by atoms with Crippen molar-refractivity contribution in [3.05, 3.63) is 23.3 Å². The molecule has 24 heavy (non-hydrogen) atoms. The molecule has 0 spiro atoms. The topological polar surface area (TPSA) is 83.4 Å². The van der Waals surface area contributed by atoms with Crippen molar-refractivity contribution in [1.29, 1.82) is 0 Å². The van der Waals surface area contributed by atoms with E-state index >= 15 is 0 Å². The largest absolute Gasteiger partial charge is 0.481 e. The number of amides is 1. The average molecular weight is 345 g/mol. The number of carbonyl (C=O) groups excluding carboxylic acids is 1. The first kappa shape index (κ1) is 18.2. The van der Waals surface area contributed by atoms with E-state index in [1.54, 1.807) is 0 Å². The highest BCUT2D eigenvalue weighted by atomic mass is 19.4. The van der Waals surface area contributed by atoms with Gasteiger partial charge in [0, 0.05) is 25.2 Å². The Morgan fingerprint density at radius 3 is 2.71 bits per heavy atom. The van der Waals surface area contributed by atoms with Crippen LogP contribution in [0.2, 0.25) is 0 Å². The molecule has 0 saturated carbocycles. The van der Waals surface area contributed by atoms with Gasteiger partial charge in [0.05, 0.1) is 0 Å². The fraction of sp³-hybridized carbons (Fsp3) is 0.600. The number of rotatable bonds is 4. The Morgan fingerprint density at radius 1 is 1.38 bits per heavy atom. The number of aryl methyl sites for hydroxylation is 1. The number of aromatic nitrogens is 2. The predicted octanol–water partition coefficient (Wildman–Crippen LogP) is 2.52. The van der Waals surface area contributed by atoms with Crippen LogP contribution < -0.4 is 0 Å². The van der Waals surface area contributed by atoms with Gasteiger partial charge in [0.25, 0.3) is 5.91 Å². The molecular formula is C15H18F3N3O3. The molecule has 1 fully saturated rings. The van der Waals surface area contributed by atoms with Gasteiger partial charge in [-0.15, -0.1) is 0 Å². The van der Waals surface area contributed by atoms with Gasteiger partial charge in [0.1, 0.15) is 5.69 Å². The number of piperidine rings is 1. The van der Waals surface area contributed by atoms with Crippen molar-refractivity contribution in [3.63, 3.8) is 0 Å². The number of nitrogens with zero attached hydrogens (tertiary/aromatic N) is 3.